The molecular formula is C23H36N6O2. The van der Waals surface area contributed by atoms with Gasteiger partial charge >= 0.3 is 0 Å². The Bertz CT molecular complexity index is 750. The van der Waals surface area contributed by atoms with Crippen LogP contribution in [0.15, 0.2) is 23.3 Å². The molecule has 1 aliphatic carbocycles. The molecule has 0 aromatic carbocycles. The number of guanidine groups is 1. The van der Waals surface area contributed by atoms with E-state index >= 15 is 0 Å². The zero-order chi connectivity index (χ0) is 21.6. The minimum absolute atomic E-state index is 0.0399. The second-order valence-corrected chi connectivity index (χ2v) is 8.89. The summed E-state index contributed by atoms with van der Waals surface area (Å²) in [5.74, 6) is 2.61. The molecule has 8 nitrogen and oxygen atoms in total. The van der Waals surface area contributed by atoms with Gasteiger partial charge in [0.05, 0.1) is 12.6 Å². The minimum atomic E-state index is -0.0399. The van der Waals surface area contributed by atoms with Crippen molar-refractivity contribution >= 4 is 11.9 Å². The molecule has 0 spiro atoms. The lowest BCUT2D eigenvalue weighted by Gasteiger charge is -2.39. The molecule has 8 heteroatoms. The first-order valence-electron chi connectivity index (χ1n) is 11.7. The van der Waals surface area contributed by atoms with Crippen molar-refractivity contribution in [1.29, 1.82) is 0 Å². The van der Waals surface area contributed by atoms with Gasteiger partial charge < -0.3 is 19.9 Å². The van der Waals surface area contributed by atoms with Crippen molar-refractivity contribution in [2.24, 2.45) is 10.9 Å². The fourth-order valence-electron chi connectivity index (χ4n) is 4.28. The molecule has 31 heavy (non-hydrogen) atoms. The van der Waals surface area contributed by atoms with Crippen LogP contribution in [0.1, 0.15) is 38.2 Å². The molecule has 1 amide bonds. The van der Waals surface area contributed by atoms with E-state index in [1.165, 1.54) is 12.8 Å². The van der Waals surface area contributed by atoms with Crippen LogP contribution in [-0.4, -0.2) is 90.5 Å². The number of hydrogen-bond acceptors (Lipinski definition) is 5. The number of likely N-dealkylation sites (tertiary alicyclic amines) is 1. The molecule has 1 N–H and O–H groups in total. The van der Waals surface area contributed by atoms with Gasteiger partial charge in [0.25, 0.3) is 0 Å². The number of aliphatic imine (C=N–C) groups is 1. The fourth-order valence-corrected chi connectivity index (χ4v) is 4.28. The Kier molecular flexibility index (Phi) is 7.27. The van der Waals surface area contributed by atoms with Gasteiger partial charge in [-0.2, -0.15) is 0 Å². The van der Waals surface area contributed by atoms with Crippen LogP contribution in [0.25, 0.3) is 0 Å². The van der Waals surface area contributed by atoms with Gasteiger partial charge in [-0.05, 0) is 44.1 Å². The third kappa shape index (κ3) is 5.87. The molecule has 1 atom stereocenters. The fraction of sp³-hybridized carbons (Fsp3) is 0.696. The molecule has 1 aromatic heterocycles. The normalized spacial score (nSPS) is 21.3. The smallest absolute Gasteiger partial charge is 0.239 e. The van der Waals surface area contributed by atoms with E-state index in [9.17, 15) is 4.79 Å². The van der Waals surface area contributed by atoms with E-state index in [2.05, 4.69) is 38.1 Å². The molecule has 0 bridgehead atoms. The number of aromatic nitrogens is 1. The zero-order valence-corrected chi connectivity index (χ0v) is 18.9. The van der Waals surface area contributed by atoms with Gasteiger partial charge in [-0.3, -0.25) is 14.7 Å². The SMILES string of the molecule is CN=C(NCc1ccc(OCC2CC2)nc1)N1CCN(C(C)C(=O)N2CCCC2)CC1. The van der Waals surface area contributed by atoms with E-state index in [0.29, 0.717) is 12.4 Å². The van der Waals surface area contributed by atoms with Crippen molar-refractivity contribution < 1.29 is 9.53 Å². The molecule has 0 radical (unpaired) electrons. The average molecular weight is 429 g/mol. The van der Waals surface area contributed by atoms with Crippen molar-refractivity contribution in [3.63, 3.8) is 0 Å². The van der Waals surface area contributed by atoms with Crippen molar-refractivity contribution in [2.45, 2.75) is 45.2 Å². The van der Waals surface area contributed by atoms with Crippen molar-refractivity contribution in [2.75, 3.05) is 52.9 Å². The molecular weight excluding hydrogens is 392 g/mol. The monoisotopic (exact) mass is 428 g/mol. The standard InChI is InChI=1S/C23H36N6O2/c1-18(22(30)28-9-3-4-10-28)27-11-13-29(14-12-27)23(24-2)26-16-20-7-8-21(25-15-20)31-17-19-5-6-19/h7-8,15,18-19H,3-6,9-14,16-17H2,1-2H3,(H,24,26). The van der Waals surface area contributed by atoms with E-state index < -0.39 is 0 Å². The third-order valence-corrected chi connectivity index (χ3v) is 6.56. The lowest BCUT2D eigenvalue weighted by atomic mass is 10.2. The summed E-state index contributed by atoms with van der Waals surface area (Å²) in [6.07, 6.45) is 6.71. The molecule has 4 rings (SSSR count). The maximum atomic E-state index is 12.7. The number of nitrogens with one attached hydrogen (secondary N) is 1. The average Bonchev–Trinajstić information content (AvgIpc) is 3.48. The van der Waals surface area contributed by atoms with Gasteiger partial charge in [-0.15, -0.1) is 0 Å². The number of piperazine rings is 1. The van der Waals surface area contributed by atoms with Crippen LogP contribution >= 0.6 is 0 Å². The Hall–Kier alpha value is -2.35. The number of hydrogen-bond donors (Lipinski definition) is 1. The topological polar surface area (TPSA) is 73.3 Å². The van der Waals surface area contributed by atoms with Crippen LogP contribution < -0.4 is 10.1 Å². The highest BCUT2D eigenvalue weighted by molar-refractivity contribution is 5.82. The van der Waals surface area contributed by atoms with E-state index in [0.717, 1.165) is 76.2 Å². The molecule has 3 aliphatic rings. The quantitative estimate of drug-likeness (QED) is 0.525. The van der Waals surface area contributed by atoms with Crippen LogP contribution in [-0.2, 0) is 11.3 Å². The number of pyridine rings is 1. The van der Waals surface area contributed by atoms with Crippen LogP contribution in [0.4, 0.5) is 0 Å². The Morgan fingerprint density at radius 1 is 1.16 bits per heavy atom. The number of rotatable bonds is 7. The maximum Gasteiger partial charge on any atom is 0.239 e. The Morgan fingerprint density at radius 3 is 2.52 bits per heavy atom. The number of nitrogens with zero attached hydrogens (tertiary/aromatic N) is 5. The first-order valence-corrected chi connectivity index (χ1v) is 11.7. The molecule has 2 aliphatic heterocycles. The summed E-state index contributed by atoms with van der Waals surface area (Å²) in [6.45, 7) is 8.82. The summed E-state index contributed by atoms with van der Waals surface area (Å²) in [6, 6.07) is 3.96. The van der Waals surface area contributed by atoms with Gasteiger partial charge in [0.1, 0.15) is 0 Å². The second-order valence-electron chi connectivity index (χ2n) is 8.89. The zero-order valence-electron chi connectivity index (χ0n) is 18.9. The van der Waals surface area contributed by atoms with Crippen molar-refractivity contribution in [3.8, 4) is 5.88 Å². The molecule has 3 fully saturated rings. The predicted molar refractivity (Wildman–Crippen MR) is 121 cm³/mol. The highest BCUT2D eigenvalue weighted by Gasteiger charge is 2.30. The Labute approximate surface area is 185 Å². The van der Waals surface area contributed by atoms with Gasteiger partial charge in [0.15, 0.2) is 5.96 Å². The van der Waals surface area contributed by atoms with Crippen LogP contribution in [0.3, 0.4) is 0 Å². The van der Waals surface area contributed by atoms with Crippen LogP contribution in [0.5, 0.6) is 5.88 Å². The minimum Gasteiger partial charge on any atom is -0.477 e. The van der Waals surface area contributed by atoms with E-state index in [1.54, 1.807) is 0 Å². The highest BCUT2D eigenvalue weighted by Crippen LogP contribution is 2.29. The molecule has 2 saturated heterocycles. The summed E-state index contributed by atoms with van der Waals surface area (Å²) < 4.78 is 5.71. The number of carbonyl (C=O) groups is 1. The van der Waals surface area contributed by atoms with Crippen LogP contribution in [0, 0.1) is 5.92 Å². The molecule has 1 saturated carbocycles. The summed E-state index contributed by atoms with van der Waals surface area (Å²) in [5.41, 5.74) is 1.10. The molecule has 170 valence electrons. The maximum absolute atomic E-state index is 12.7. The van der Waals surface area contributed by atoms with E-state index in [4.69, 9.17) is 4.74 Å². The van der Waals surface area contributed by atoms with Crippen molar-refractivity contribution in [1.82, 2.24) is 25.0 Å². The predicted octanol–water partition coefficient (Wildman–Crippen LogP) is 1.57. The first-order chi connectivity index (χ1) is 15.1. The Morgan fingerprint density at radius 2 is 1.90 bits per heavy atom. The summed E-state index contributed by atoms with van der Waals surface area (Å²) in [7, 11) is 1.82. The summed E-state index contributed by atoms with van der Waals surface area (Å²) in [4.78, 5) is 28.2. The number of ether oxygens (including phenoxy) is 1. The summed E-state index contributed by atoms with van der Waals surface area (Å²) in [5, 5.41) is 3.45. The van der Waals surface area contributed by atoms with Crippen molar-refractivity contribution in [3.05, 3.63) is 23.9 Å². The highest BCUT2D eigenvalue weighted by atomic mass is 16.5. The second kappa shape index (κ2) is 10.3. The number of amides is 1. The number of carbonyl (C=O) groups excluding carboxylic acids is 1. The third-order valence-electron chi connectivity index (χ3n) is 6.56. The summed E-state index contributed by atoms with van der Waals surface area (Å²) >= 11 is 0. The first kappa shape index (κ1) is 21.9. The van der Waals surface area contributed by atoms with Gasteiger partial charge in [-0.1, -0.05) is 6.07 Å². The molecule has 1 unspecified atom stereocenters. The largest absolute Gasteiger partial charge is 0.477 e. The van der Waals surface area contributed by atoms with Gasteiger partial charge in [0, 0.05) is 65.1 Å². The van der Waals surface area contributed by atoms with Gasteiger partial charge in [0.2, 0.25) is 11.8 Å². The molecule has 3 heterocycles. The Balaban J connectivity index is 1.21. The van der Waals surface area contributed by atoms with Crippen LogP contribution in [0.2, 0.25) is 0 Å². The van der Waals surface area contributed by atoms with Gasteiger partial charge in [-0.25, -0.2) is 4.98 Å². The van der Waals surface area contributed by atoms with E-state index in [-0.39, 0.29) is 11.9 Å². The molecule has 1 aromatic rings. The lowest BCUT2D eigenvalue weighted by molar-refractivity contribution is -0.135. The lowest BCUT2D eigenvalue weighted by Crippen LogP contribution is -2.57. The van der Waals surface area contributed by atoms with E-state index in [1.807, 2.05) is 24.2 Å².